The summed E-state index contributed by atoms with van der Waals surface area (Å²) in [5, 5.41) is 1.99. The summed E-state index contributed by atoms with van der Waals surface area (Å²) in [7, 11) is 0. The van der Waals surface area contributed by atoms with Crippen LogP contribution in [0, 0.1) is 0 Å². The molecule has 0 unspecified atom stereocenters. The molecule has 1 aliphatic rings. The Morgan fingerprint density at radius 2 is 2.50 bits per heavy atom. The van der Waals surface area contributed by atoms with E-state index in [0.29, 0.717) is 0 Å². The summed E-state index contributed by atoms with van der Waals surface area (Å²) in [4.78, 5) is 10.8. The average molecular weight is 219 g/mol. The SMILES string of the molecule is CC(=O)C1=CC(Br)=CSC1. The zero-order chi connectivity index (χ0) is 7.56. The molecular weight excluding hydrogens is 212 g/mol. The van der Waals surface area contributed by atoms with Gasteiger partial charge in [-0.3, -0.25) is 4.79 Å². The van der Waals surface area contributed by atoms with Crippen molar-refractivity contribution in [3.05, 3.63) is 21.5 Å². The van der Waals surface area contributed by atoms with Gasteiger partial charge in [0.05, 0.1) is 0 Å². The molecule has 0 atom stereocenters. The predicted molar refractivity (Wildman–Crippen MR) is 48.2 cm³/mol. The molecule has 0 saturated carbocycles. The first-order valence-electron chi connectivity index (χ1n) is 2.89. The van der Waals surface area contributed by atoms with Crippen LogP contribution in [0.15, 0.2) is 21.5 Å². The van der Waals surface area contributed by atoms with Gasteiger partial charge in [-0.05, 0) is 18.4 Å². The van der Waals surface area contributed by atoms with E-state index in [1.165, 1.54) is 0 Å². The molecule has 1 heterocycles. The van der Waals surface area contributed by atoms with E-state index in [9.17, 15) is 4.79 Å². The molecule has 0 amide bonds. The van der Waals surface area contributed by atoms with Crippen molar-refractivity contribution in [3.63, 3.8) is 0 Å². The molecule has 1 rings (SSSR count). The van der Waals surface area contributed by atoms with Crippen LogP contribution >= 0.6 is 27.7 Å². The molecule has 0 fully saturated rings. The zero-order valence-electron chi connectivity index (χ0n) is 5.56. The van der Waals surface area contributed by atoms with E-state index in [0.717, 1.165) is 15.8 Å². The van der Waals surface area contributed by atoms with Gasteiger partial charge in [-0.15, -0.1) is 11.8 Å². The number of allylic oxidation sites excluding steroid dienone is 2. The monoisotopic (exact) mass is 218 g/mol. The van der Waals surface area contributed by atoms with Crippen LogP contribution in [0.2, 0.25) is 0 Å². The van der Waals surface area contributed by atoms with Crippen molar-refractivity contribution in [2.75, 3.05) is 5.75 Å². The van der Waals surface area contributed by atoms with E-state index >= 15 is 0 Å². The van der Waals surface area contributed by atoms with Crippen molar-refractivity contribution >= 4 is 33.5 Å². The van der Waals surface area contributed by atoms with Gasteiger partial charge in [0.25, 0.3) is 0 Å². The van der Waals surface area contributed by atoms with Gasteiger partial charge < -0.3 is 0 Å². The second kappa shape index (κ2) is 3.39. The van der Waals surface area contributed by atoms with Crippen LogP contribution in [-0.2, 0) is 4.79 Å². The number of ketones is 1. The Balaban J connectivity index is 2.78. The molecule has 0 N–H and O–H groups in total. The van der Waals surface area contributed by atoms with Gasteiger partial charge in [0.15, 0.2) is 5.78 Å². The molecule has 0 aliphatic carbocycles. The minimum absolute atomic E-state index is 0.164. The average Bonchev–Trinajstić information content (AvgIpc) is 1.88. The number of Topliss-reactive ketones (excluding diaryl/α,β-unsaturated/α-hetero) is 1. The highest BCUT2D eigenvalue weighted by molar-refractivity contribution is 9.12. The van der Waals surface area contributed by atoms with Gasteiger partial charge in [-0.2, -0.15) is 0 Å². The number of hydrogen-bond acceptors (Lipinski definition) is 2. The summed E-state index contributed by atoms with van der Waals surface area (Å²) < 4.78 is 0.994. The number of carbonyl (C=O) groups is 1. The lowest BCUT2D eigenvalue weighted by Gasteiger charge is -2.05. The maximum atomic E-state index is 10.8. The minimum atomic E-state index is 0.164. The van der Waals surface area contributed by atoms with Gasteiger partial charge in [0, 0.05) is 15.8 Å². The molecule has 0 radical (unpaired) electrons. The Labute approximate surface area is 72.7 Å². The van der Waals surface area contributed by atoms with Crippen molar-refractivity contribution in [3.8, 4) is 0 Å². The largest absolute Gasteiger partial charge is 0.295 e. The third-order valence-corrected chi connectivity index (χ3v) is 2.86. The van der Waals surface area contributed by atoms with Crippen LogP contribution in [0.4, 0.5) is 0 Å². The van der Waals surface area contributed by atoms with Crippen LogP contribution in [0.3, 0.4) is 0 Å². The third-order valence-electron chi connectivity index (χ3n) is 1.20. The van der Waals surface area contributed by atoms with Gasteiger partial charge in [-0.1, -0.05) is 15.9 Å². The maximum absolute atomic E-state index is 10.8. The fraction of sp³-hybridized carbons (Fsp3) is 0.286. The Morgan fingerprint density at radius 1 is 1.80 bits per heavy atom. The topological polar surface area (TPSA) is 17.1 Å². The van der Waals surface area contributed by atoms with Crippen LogP contribution in [-0.4, -0.2) is 11.5 Å². The van der Waals surface area contributed by atoms with Gasteiger partial charge in [0.2, 0.25) is 0 Å². The lowest BCUT2D eigenvalue weighted by Crippen LogP contribution is -2.01. The minimum Gasteiger partial charge on any atom is -0.295 e. The first-order valence-corrected chi connectivity index (χ1v) is 4.73. The Hall–Kier alpha value is -0.0200. The van der Waals surface area contributed by atoms with E-state index < -0.39 is 0 Å². The Bertz CT molecular complexity index is 218. The normalized spacial score (nSPS) is 17.8. The number of thioether (sulfide) groups is 1. The van der Waals surface area contributed by atoms with Gasteiger partial charge in [-0.25, -0.2) is 0 Å². The highest BCUT2D eigenvalue weighted by atomic mass is 79.9. The molecule has 3 heteroatoms. The highest BCUT2D eigenvalue weighted by Gasteiger charge is 2.07. The molecule has 0 bridgehead atoms. The number of hydrogen-bond donors (Lipinski definition) is 0. The first kappa shape index (κ1) is 8.08. The van der Waals surface area contributed by atoms with Crippen molar-refractivity contribution in [2.24, 2.45) is 0 Å². The molecule has 0 aromatic heterocycles. The van der Waals surface area contributed by atoms with Crippen molar-refractivity contribution in [1.82, 2.24) is 0 Å². The van der Waals surface area contributed by atoms with Crippen LogP contribution < -0.4 is 0 Å². The summed E-state index contributed by atoms with van der Waals surface area (Å²) in [5.74, 6) is 0.974. The molecular formula is C7H7BrOS. The molecule has 0 aromatic carbocycles. The van der Waals surface area contributed by atoms with Gasteiger partial charge >= 0.3 is 0 Å². The third kappa shape index (κ3) is 1.99. The Morgan fingerprint density at radius 3 is 2.90 bits per heavy atom. The number of carbonyl (C=O) groups excluding carboxylic acids is 1. The second-order valence-electron chi connectivity index (χ2n) is 2.04. The van der Waals surface area contributed by atoms with Crippen LogP contribution in [0.5, 0.6) is 0 Å². The predicted octanol–water partition coefficient (Wildman–Crippen LogP) is 2.48. The smallest absolute Gasteiger partial charge is 0.156 e. The van der Waals surface area contributed by atoms with E-state index in [2.05, 4.69) is 15.9 Å². The molecule has 54 valence electrons. The Kier molecular flexibility index (Phi) is 2.74. The first-order chi connectivity index (χ1) is 4.70. The van der Waals surface area contributed by atoms with Crippen molar-refractivity contribution in [1.29, 1.82) is 0 Å². The lowest BCUT2D eigenvalue weighted by molar-refractivity contribution is -0.113. The van der Waals surface area contributed by atoms with Crippen LogP contribution in [0.25, 0.3) is 0 Å². The second-order valence-corrected chi connectivity index (χ2v) is 3.81. The summed E-state index contributed by atoms with van der Waals surface area (Å²) in [6.45, 7) is 1.60. The lowest BCUT2D eigenvalue weighted by atomic mass is 10.2. The molecule has 0 spiro atoms. The quantitative estimate of drug-likeness (QED) is 0.673. The van der Waals surface area contributed by atoms with E-state index in [4.69, 9.17) is 0 Å². The number of halogens is 1. The van der Waals surface area contributed by atoms with E-state index in [1.807, 2.05) is 11.5 Å². The molecule has 0 saturated heterocycles. The van der Waals surface area contributed by atoms with Gasteiger partial charge in [0.1, 0.15) is 0 Å². The van der Waals surface area contributed by atoms with Crippen molar-refractivity contribution < 1.29 is 4.79 Å². The fourth-order valence-electron chi connectivity index (χ4n) is 0.656. The van der Waals surface area contributed by atoms with Crippen molar-refractivity contribution in [2.45, 2.75) is 6.92 Å². The van der Waals surface area contributed by atoms with E-state index in [-0.39, 0.29) is 5.78 Å². The molecule has 1 aliphatic heterocycles. The summed E-state index contributed by atoms with van der Waals surface area (Å²) in [5.41, 5.74) is 0.888. The summed E-state index contributed by atoms with van der Waals surface area (Å²) in [6.07, 6.45) is 1.87. The molecule has 1 nitrogen and oxygen atoms in total. The zero-order valence-corrected chi connectivity index (χ0v) is 7.96. The highest BCUT2D eigenvalue weighted by Crippen LogP contribution is 2.24. The molecule has 0 aromatic rings. The summed E-state index contributed by atoms with van der Waals surface area (Å²) in [6, 6.07) is 0. The fourth-order valence-corrected chi connectivity index (χ4v) is 2.11. The molecule has 10 heavy (non-hydrogen) atoms. The van der Waals surface area contributed by atoms with Crippen LogP contribution in [0.1, 0.15) is 6.92 Å². The number of rotatable bonds is 1. The summed E-state index contributed by atoms with van der Waals surface area (Å²) >= 11 is 4.95. The van der Waals surface area contributed by atoms with E-state index in [1.54, 1.807) is 18.7 Å². The maximum Gasteiger partial charge on any atom is 0.156 e. The standard InChI is InChI=1S/C7H7BrOS/c1-5(9)6-2-7(8)4-10-3-6/h2,4H,3H2,1H3.